The topological polar surface area (TPSA) is 136 Å². The molecule has 43 heavy (non-hydrogen) atoms. The van der Waals surface area contributed by atoms with Gasteiger partial charge in [0, 0.05) is 47.4 Å². The highest BCUT2D eigenvalue weighted by Crippen LogP contribution is 2.51. The number of nitro groups is 1. The summed E-state index contributed by atoms with van der Waals surface area (Å²) in [6.07, 6.45) is -2.33. The number of ketones is 2. The lowest BCUT2D eigenvalue weighted by atomic mass is 9.71. The fraction of sp³-hybridized carbons (Fsp3) is 0.345. The van der Waals surface area contributed by atoms with Crippen LogP contribution in [0, 0.1) is 13.7 Å². The first kappa shape index (κ1) is 30.5. The highest BCUT2D eigenvalue weighted by atomic mass is 127. The van der Waals surface area contributed by atoms with Gasteiger partial charge in [0.25, 0.3) is 0 Å². The fourth-order valence-corrected chi connectivity index (χ4v) is 6.65. The second-order valence-corrected chi connectivity index (χ2v) is 11.4. The molecule has 5 rings (SSSR count). The van der Waals surface area contributed by atoms with Gasteiger partial charge < -0.3 is 19.5 Å². The zero-order chi connectivity index (χ0) is 31.2. The van der Waals surface area contributed by atoms with Crippen molar-refractivity contribution in [3.8, 4) is 17.2 Å². The third kappa shape index (κ3) is 5.71. The quantitative estimate of drug-likeness (QED) is 0.193. The molecular formula is C29H24F3IN2O8. The van der Waals surface area contributed by atoms with Gasteiger partial charge in [-0.1, -0.05) is 0 Å². The van der Waals surface area contributed by atoms with Gasteiger partial charge in [-0.25, -0.2) is 0 Å². The number of alkyl halides is 3. The number of nitrogens with zero attached hydrogens (tertiary/aromatic N) is 2. The van der Waals surface area contributed by atoms with E-state index in [1.54, 1.807) is 11.0 Å². The number of carboxylic acids is 1. The van der Waals surface area contributed by atoms with Crippen molar-refractivity contribution < 1.29 is 47.1 Å². The molecule has 3 aliphatic rings. The smallest absolute Gasteiger partial charge is 0.416 e. The number of Topliss-reactive ketones (excluding diaryl/α,β-unsaturated/α-hetero) is 2. The van der Waals surface area contributed by atoms with E-state index in [0.29, 0.717) is 69.5 Å². The molecule has 0 fully saturated rings. The van der Waals surface area contributed by atoms with Gasteiger partial charge in [0.05, 0.1) is 21.2 Å². The summed E-state index contributed by atoms with van der Waals surface area (Å²) in [6, 6.07) is 5.08. The molecular weight excluding hydrogens is 688 g/mol. The molecule has 0 saturated carbocycles. The first-order chi connectivity index (χ1) is 20.3. The van der Waals surface area contributed by atoms with Crippen molar-refractivity contribution in [2.24, 2.45) is 0 Å². The fourth-order valence-electron chi connectivity index (χ4n) is 5.91. The molecule has 0 amide bonds. The number of nitro benzene ring substituents is 1. The van der Waals surface area contributed by atoms with Gasteiger partial charge in [0.1, 0.15) is 6.54 Å². The summed E-state index contributed by atoms with van der Waals surface area (Å²) >= 11 is 1.89. The number of methoxy groups -OCH3 is 1. The van der Waals surface area contributed by atoms with Crippen LogP contribution in [0.25, 0.3) is 0 Å². The van der Waals surface area contributed by atoms with Crippen molar-refractivity contribution >= 4 is 45.8 Å². The largest absolute Gasteiger partial charge is 0.493 e. The average Bonchev–Trinajstić information content (AvgIpc) is 2.94. The van der Waals surface area contributed by atoms with Crippen LogP contribution in [0.3, 0.4) is 0 Å². The van der Waals surface area contributed by atoms with Crippen molar-refractivity contribution in [3.63, 3.8) is 0 Å². The average molecular weight is 712 g/mol. The third-order valence-electron chi connectivity index (χ3n) is 7.66. The number of hydrogen-bond donors (Lipinski definition) is 1. The normalized spacial score (nSPS) is 17.6. The molecule has 0 bridgehead atoms. The minimum Gasteiger partial charge on any atom is -0.493 e. The number of rotatable bonds is 7. The van der Waals surface area contributed by atoms with Crippen LogP contribution in [-0.2, 0) is 20.6 Å². The Balaban J connectivity index is 1.65. The van der Waals surface area contributed by atoms with E-state index in [2.05, 4.69) is 0 Å². The van der Waals surface area contributed by atoms with E-state index in [4.69, 9.17) is 9.47 Å². The Kier molecular flexibility index (Phi) is 8.24. The Labute approximate surface area is 256 Å². The number of allylic oxidation sites excluding steroid dienone is 4. The molecule has 10 nitrogen and oxygen atoms in total. The summed E-state index contributed by atoms with van der Waals surface area (Å²) in [6.45, 7) is -0.384. The van der Waals surface area contributed by atoms with Gasteiger partial charge in [-0.3, -0.25) is 24.5 Å². The molecule has 2 aliphatic carbocycles. The first-order valence-corrected chi connectivity index (χ1v) is 14.3. The monoisotopic (exact) mass is 712 g/mol. The molecule has 0 aromatic heterocycles. The van der Waals surface area contributed by atoms with Gasteiger partial charge >= 0.3 is 17.8 Å². The maximum absolute atomic E-state index is 13.4. The van der Waals surface area contributed by atoms with Crippen molar-refractivity contribution in [3.05, 3.63) is 77.7 Å². The maximum atomic E-state index is 13.4. The minimum atomic E-state index is -4.80. The van der Waals surface area contributed by atoms with Gasteiger partial charge in [-0.2, -0.15) is 13.2 Å². The molecule has 0 spiro atoms. The summed E-state index contributed by atoms with van der Waals surface area (Å²) in [5.41, 5.74) is 0.250. The van der Waals surface area contributed by atoms with E-state index < -0.39 is 40.0 Å². The standard InChI is InChI=1S/C29H24F3IN2O8/c1-42-23-11-14(10-16(33)28(23)43-22-9-8-15(29(30,31)32)12-19(22)35(40)41)25-26-17(4-2-6-20(26)36)34(13-24(38)39)18-5-3-7-21(37)27(18)25/h8-12,25H,2-7,13H2,1H3,(H,38,39). The highest BCUT2D eigenvalue weighted by molar-refractivity contribution is 14.1. The zero-order valence-corrected chi connectivity index (χ0v) is 24.8. The van der Waals surface area contributed by atoms with Crippen LogP contribution in [0.2, 0.25) is 0 Å². The van der Waals surface area contributed by atoms with Crippen LogP contribution in [0.4, 0.5) is 18.9 Å². The third-order valence-corrected chi connectivity index (χ3v) is 8.46. The van der Waals surface area contributed by atoms with Crippen molar-refractivity contribution in [1.82, 2.24) is 4.90 Å². The minimum absolute atomic E-state index is 0.00799. The Morgan fingerprint density at radius 2 is 1.65 bits per heavy atom. The van der Waals surface area contributed by atoms with Gasteiger partial charge in [-0.15, -0.1) is 0 Å². The Morgan fingerprint density at radius 3 is 2.16 bits per heavy atom. The summed E-state index contributed by atoms with van der Waals surface area (Å²) in [4.78, 5) is 50.8. The Morgan fingerprint density at radius 1 is 1.05 bits per heavy atom. The molecule has 0 unspecified atom stereocenters. The van der Waals surface area contributed by atoms with Crippen molar-refractivity contribution in [1.29, 1.82) is 0 Å². The molecule has 1 aliphatic heterocycles. The van der Waals surface area contributed by atoms with E-state index in [1.807, 2.05) is 22.6 Å². The van der Waals surface area contributed by atoms with Gasteiger partial charge in [0.15, 0.2) is 23.1 Å². The molecule has 0 atom stereocenters. The summed E-state index contributed by atoms with van der Waals surface area (Å²) in [5.74, 6) is -2.66. The van der Waals surface area contributed by atoms with Crippen LogP contribution in [0.1, 0.15) is 55.6 Å². The van der Waals surface area contributed by atoms with Crippen LogP contribution < -0.4 is 9.47 Å². The van der Waals surface area contributed by atoms with E-state index >= 15 is 0 Å². The molecule has 14 heteroatoms. The van der Waals surface area contributed by atoms with Crippen LogP contribution in [-0.4, -0.2) is 46.1 Å². The second-order valence-electron chi connectivity index (χ2n) is 10.3. The number of benzene rings is 2. The highest BCUT2D eigenvalue weighted by Gasteiger charge is 2.44. The Bertz CT molecular complexity index is 1590. The summed E-state index contributed by atoms with van der Waals surface area (Å²) in [7, 11) is 1.31. The molecule has 2 aromatic rings. The summed E-state index contributed by atoms with van der Waals surface area (Å²) in [5, 5.41) is 21.3. The summed E-state index contributed by atoms with van der Waals surface area (Å²) < 4.78 is 51.3. The van der Waals surface area contributed by atoms with Crippen molar-refractivity contribution in [2.45, 2.75) is 50.6 Å². The lowest BCUT2D eigenvalue weighted by Crippen LogP contribution is -2.41. The van der Waals surface area contributed by atoms with E-state index in [0.717, 1.165) is 6.07 Å². The number of carbonyl (C=O) groups excluding carboxylic acids is 2. The SMILES string of the molecule is COc1cc(C2C3=C(CCCC3=O)N(CC(=O)O)C3=C2C(=O)CCC3)cc(I)c1Oc1ccc(C(F)(F)F)cc1[N+](=O)[O-]. The van der Waals surface area contributed by atoms with Crippen LogP contribution in [0.15, 0.2) is 52.9 Å². The van der Waals surface area contributed by atoms with Crippen molar-refractivity contribution in [2.75, 3.05) is 13.7 Å². The van der Waals surface area contributed by atoms with Crippen LogP contribution in [0.5, 0.6) is 17.2 Å². The van der Waals surface area contributed by atoms with Gasteiger partial charge in [-0.05, 0) is 78.1 Å². The molecule has 1 heterocycles. The Hall–Kier alpha value is -3.95. The first-order valence-electron chi connectivity index (χ1n) is 13.2. The number of carboxylic acid groups (broad SMARTS) is 1. The molecule has 226 valence electrons. The number of halogens is 4. The number of aliphatic carboxylic acids is 1. The second kappa shape index (κ2) is 11.6. The number of carbonyl (C=O) groups is 3. The lowest BCUT2D eigenvalue weighted by Gasteiger charge is -2.43. The number of ether oxygens (including phenoxy) is 2. The molecule has 0 saturated heterocycles. The van der Waals surface area contributed by atoms with E-state index in [9.17, 15) is 42.8 Å². The zero-order valence-electron chi connectivity index (χ0n) is 22.6. The molecule has 2 aromatic carbocycles. The predicted molar refractivity (Wildman–Crippen MR) is 153 cm³/mol. The number of hydrogen-bond acceptors (Lipinski definition) is 8. The van der Waals surface area contributed by atoms with Crippen LogP contribution >= 0.6 is 22.6 Å². The van der Waals surface area contributed by atoms with E-state index in [1.165, 1.54) is 13.2 Å². The van der Waals surface area contributed by atoms with Gasteiger partial charge in [0.2, 0.25) is 5.75 Å². The van der Waals surface area contributed by atoms with E-state index in [-0.39, 0.29) is 42.5 Å². The molecule has 0 radical (unpaired) electrons. The predicted octanol–water partition coefficient (Wildman–Crippen LogP) is 6.52. The molecule has 1 N–H and O–H groups in total. The maximum Gasteiger partial charge on any atom is 0.416 e. The lowest BCUT2D eigenvalue weighted by molar-refractivity contribution is -0.385.